The Morgan fingerprint density at radius 3 is 2.38 bits per heavy atom. The second kappa shape index (κ2) is 9.41. The zero-order valence-electron chi connectivity index (χ0n) is 15.0. The Labute approximate surface area is 154 Å². The van der Waals surface area contributed by atoms with Crippen LogP contribution in [0.5, 0.6) is 0 Å². The number of hydrogen-bond acceptors (Lipinski definition) is 6. The molecule has 2 aliphatic heterocycles. The summed E-state index contributed by atoms with van der Waals surface area (Å²) < 4.78 is 35.5. The molecule has 0 unspecified atom stereocenters. The van der Waals surface area contributed by atoms with Crippen LogP contribution < -0.4 is 0 Å². The van der Waals surface area contributed by atoms with Crippen molar-refractivity contribution >= 4 is 0 Å². The van der Waals surface area contributed by atoms with E-state index in [1.54, 1.807) is 19.3 Å². The average Bonchev–Trinajstić information content (AvgIpc) is 2.70. The average molecular weight is 362 g/mol. The molecule has 6 heteroatoms. The lowest BCUT2D eigenvalue weighted by molar-refractivity contribution is -0.365. The van der Waals surface area contributed by atoms with E-state index >= 15 is 0 Å². The fourth-order valence-electron chi connectivity index (χ4n) is 3.24. The molecule has 2 saturated heterocycles. The molecule has 0 aromatic heterocycles. The van der Waals surface area contributed by atoms with Gasteiger partial charge in [0.2, 0.25) is 0 Å². The lowest BCUT2D eigenvalue weighted by atomic mass is 9.97. The Morgan fingerprint density at radius 1 is 1.04 bits per heavy atom. The quantitative estimate of drug-likeness (QED) is 0.663. The molecule has 6 atom stereocenters. The summed E-state index contributed by atoms with van der Waals surface area (Å²) in [5.74, 6) is 0. The minimum absolute atomic E-state index is 0.307. The van der Waals surface area contributed by atoms with Gasteiger partial charge in [-0.3, -0.25) is 0 Å². The van der Waals surface area contributed by atoms with Crippen LogP contribution in [0.3, 0.4) is 0 Å². The highest BCUT2D eigenvalue weighted by atomic mass is 16.8. The van der Waals surface area contributed by atoms with E-state index in [-0.39, 0.29) is 18.3 Å². The van der Waals surface area contributed by atoms with Crippen molar-refractivity contribution in [3.05, 3.63) is 61.2 Å². The molecule has 0 amide bonds. The van der Waals surface area contributed by atoms with E-state index in [1.165, 1.54) is 0 Å². The van der Waals surface area contributed by atoms with Crippen LogP contribution in [-0.2, 0) is 28.4 Å². The van der Waals surface area contributed by atoms with Gasteiger partial charge in [0.15, 0.2) is 12.6 Å². The summed E-state index contributed by atoms with van der Waals surface area (Å²) in [5, 5.41) is 0. The topological polar surface area (TPSA) is 55.4 Å². The van der Waals surface area contributed by atoms with Gasteiger partial charge >= 0.3 is 0 Å². The molecule has 0 N–H and O–H groups in total. The molecule has 2 aliphatic rings. The first-order valence-electron chi connectivity index (χ1n) is 8.73. The predicted molar refractivity (Wildman–Crippen MR) is 95.6 cm³/mol. The number of ether oxygens (including phenoxy) is 6. The maximum absolute atomic E-state index is 6.22. The molecule has 1 aromatic rings. The van der Waals surface area contributed by atoms with Crippen molar-refractivity contribution in [1.29, 1.82) is 0 Å². The second-order valence-electron chi connectivity index (χ2n) is 6.13. The molecule has 2 heterocycles. The Hall–Kier alpha value is -1.54. The first-order valence-corrected chi connectivity index (χ1v) is 8.73. The van der Waals surface area contributed by atoms with Crippen molar-refractivity contribution in [1.82, 2.24) is 0 Å². The molecule has 3 rings (SSSR count). The van der Waals surface area contributed by atoms with Crippen LogP contribution >= 0.6 is 0 Å². The van der Waals surface area contributed by atoms with E-state index in [1.807, 2.05) is 30.3 Å². The number of fused-ring (bicyclic) bond motifs is 1. The minimum atomic E-state index is -0.577. The van der Waals surface area contributed by atoms with E-state index in [9.17, 15) is 0 Å². The maximum Gasteiger partial charge on any atom is 0.186 e. The molecular formula is C20H26O6. The van der Waals surface area contributed by atoms with Crippen LogP contribution in [0.25, 0.3) is 0 Å². The molecule has 26 heavy (non-hydrogen) atoms. The van der Waals surface area contributed by atoms with Crippen molar-refractivity contribution in [2.24, 2.45) is 0 Å². The summed E-state index contributed by atoms with van der Waals surface area (Å²) in [4.78, 5) is 0. The van der Waals surface area contributed by atoms with Crippen molar-refractivity contribution in [3.8, 4) is 0 Å². The molecule has 6 nitrogen and oxygen atoms in total. The molecule has 0 radical (unpaired) electrons. The van der Waals surface area contributed by atoms with E-state index in [4.69, 9.17) is 28.4 Å². The van der Waals surface area contributed by atoms with E-state index in [0.29, 0.717) is 19.8 Å². The summed E-state index contributed by atoms with van der Waals surface area (Å²) in [6, 6.07) is 9.80. The molecule has 0 aliphatic carbocycles. The summed E-state index contributed by atoms with van der Waals surface area (Å²) >= 11 is 0. The van der Waals surface area contributed by atoms with Crippen LogP contribution in [0.15, 0.2) is 55.6 Å². The van der Waals surface area contributed by atoms with Gasteiger partial charge in [-0.2, -0.15) is 0 Å². The standard InChI is InChI=1S/C20H26O6/c1-4-11-22-17-16-15(25-20(21-3)18(17)23-12-5-2)13-24-19(26-16)14-9-7-6-8-10-14/h4-10,15-20H,1-2,11-13H2,3H3/t15-,16-,17+,18-,19-,20+/m1/s1. The third kappa shape index (κ3) is 4.23. The fourth-order valence-corrected chi connectivity index (χ4v) is 3.24. The lowest BCUT2D eigenvalue weighted by Crippen LogP contribution is -2.63. The maximum atomic E-state index is 6.22. The Morgan fingerprint density at radius 2 is 1.73 bits per heavy atom. The van der Waals surface area contributed by atoms with Crippen LogP contribution in [0.1, 0.15) is 11.9 Å². The van der Waals surface area contributed by atoms with E-state index in [0.717, 1.165) is 5.56 Å². The highest BCUT2D eigenvalue weighted by Gasteiger charge is 2.51. The fraction of sp³-hybridized carbons (Fsp3) is 0.500. The number of rotatable bonds is 8. The zero-order valence-corrected chi connectivity index (χ0v) is 15.0. The van der Waals surface area contributed by atoms with E-state index in [2.05, 4.69) is 13.2 Å². The number of hydrogen-bond donors (Lipinski definition) is 0. The molecule has 1 aromatic carbocycles. The van der Waals surface area contributed by atoms with Gasteiger partial charge in [0.05, 0.1) is 19.8 Å². The van der Waals surface area contributed by atoms with Crippen LogP contribution in [0, 0.1) is 0 Å². The van der Waals surface area contributed by atoms with Crippen molar-refractivity contribution in [2.75, 3.05) is 26.9 Å². The smallest absolute Gasteiger partial charge is 0.186 e. The van der Waals surface area contributed by atoms with Crippen LogP contribution in [0.4, 0.5) is 0 Å². The summed E-state index contributed by atoms with van der Waals surface area (Å²) in [6.45, 7) is 8.54. The van der Waals surface area contributed by atoms with Gasteiger partial charge in [-0.15, -0.1) is 13.2 Å². The predicted octanol–water partition coefficient (Wildman–Crippen LogP) is 2.61. The van der Waals surface area contributed by atoms with Gasteiger partial charge in [-0.1, -0.05) is 42.5 Å². The normalized spacial score (nSPS) is 34.0. The van der Waals surface area contributed by atoms with Gasteiger partial charge in [-0.25, -0.2) is 0 Å². The van der Waals surface area contributed by atoms with Crippen molar-refractivity contribution in [3.63, 3.8) is 0 Å². The third-order valence-electron chi connectivity index (χ3n) is 4.40. The molecule has 2 fully saturated rings. The van der Waals surface area contributed by atoms with Crippen LogP contribution in [0.2, 0.25) is 0 Å². The van der Waals surface area contributed by atoms with Gasteiger partial charge in [-0.05, 0) is 0 Å². The lowest BCUT2D eigenvalue weighted by Gasteiger charge is -2.48. The first kappa shape index (κ1) is 19.2. The molecule has 142 valence electrons. The van der Waals surface area contributed by atoms with Crippen molar-refractivity contribution in [2.45, 2.75) is 37.0 Å². The molecular weight excluding hydrogens is 336 g/mol. The Kier molecular flexibility index (Phi) is 6.96. The summed E-state index contributed by atoms with van der Waals surface area (Å²) in [6.07, 6.45) is 0.835. The van der Waals surface area contributed by atoms with Gasteiger partial charge < -0.3 is 28.4 Å². The Bertz CT molecular complexity index is 577. The molecule has 0 spiro atoms. The summed E-state index contributed by atoms with van der Waals surface area (Å²) in [5.41, 5.74) is 0.950. The largest absolute Gasteiger partial charge is 0.368 e. The van der Waals surface area contributed by atoms with Gasteiger partial charge in [0.25, 0.3) is 0 Å². The van der Waals surface area contributed by atoms with E-state index < -0.39 is 18.7 Å². The second-order valence-corrected chi connectivity index (χ2v) is 6.13. The highest BCUT2D eigenvalue weighted by Crippen LogP contribution is 2.36. The van der Waals surface area contributed by atoms with Crippen LogP contribution in [-0.4, -0.2) is 57.6 Å². The number of methoxy groups -OCH3 is 1. The first-order chi connectivity index (χ1) is 12.8. The zero-order chi connectivity index (χ0) is 18.4. The highest BCUT2D eigenvalue weighted by molar-refractivity contribution is 5.16. The van der Waals surface area contributed by atoms with Crippen molar-refractivity contribution < 1.29 is 28.4 Å². The number of benzene rings is 1. The summed E-state index contributed by atoms with van der Waals surface area (Å²) in [7, 11) is 1.58. The molecule has 0 saturated carbocycles. The molecule has 0 bridgehead atoms. The monoisotopic (exact) mass is 362 g/mol. The van der Waals surface area contributed by atoms with Gasteiger partial charge in [0.1, 0.15) is 24.4 Å². The SMILES string of the molecule is C=CCO[C@@H]1[C@@H](OCC=C)[C@@H](OC)O[C@@H]2CO[C@@H](c3ccccc3)O[C@@H]12. The van der Waals surface area contributed by atoms with Gasteiger partial charge in [0, 0.05) is 12.7 Å². The third-order valence-corrected chi connectivity index (χ3v) is 4.40. The Balaban J connectivity index is 1.81. The minimum Gasteiger partial charge on any atom is -0.368 e.